The molecule has 0 aliphatic heterocycles. The predicted molar refractivity (Wildman–Crippen MR) is 71.5 cm³/mol. The van der Waals surface area contributed by atoms with Gasteiger partial charge in [0.05, 0.1) is 6.20 Å². The molecule has 0 aliphatic carbocycles. The fraction of sp³-hybridized carbons (Fsp3) is 0.538. The van der Waals surface area contributed by atoms with Crippen LogP contribution in [-0.4, -0.2) is 45.8 Å². The molecule has 2 amide bonds. The molecule has 0 radical (unpaired) electrons. The average molecular weight is 264 g/mol. The lowest BCUT2D eigenvalue weighted by molar-refractivity contribution is -0.121. The molecule has 0 saturated carbocycles. The van der Waals surface area contributed by atoms with Crippen molar-refractivity contribution in [2.24, 2.45) is 0 Å². The van der Waals surface area contributed by atoms with Gasteiger partial charge in [-0.3, -0.25) is 14.6 Å². The fourth-order valence-corrected chi connectivity index (χ4v) is 1.61. The predicted octanol–water partition coefficient (Wildman–Crippen LogP) is 0.853. The number of nitrogens with one attached hydrogen (secondary N) is 1. The van der Waals surface area contributed by atoms with Crippen LogP contribution in [0.25, 0.3) is 0 Å². The van der Waals surface area contributed by atoms with Crippen molar-refractivity contribution in [3.63, 3.8) is 0 Å². The molecule has 1 aromatic rings. The number of rotatable bonds is 6. The molecular formula is C13H20N4O2. The van der Waals surface area contributed by atoms with Crippen LogP contribution in [0.2, 0.25) is 0 Å². The van der Waals surface area contributed by atoms with Gasteiger partial charge >= 0.3 is 0 Å². The molecule has 104 valence electrons. The molecule has 0 bridgehead atoms. The summed E-state index contributed by atoms with van der Waals surface area (Å²) in [6, 6.07) is 0.110. The minimum atomic E-state index is -0.201. The first kappa shape index (κ1) is 15.1. The van der Waals surface area contributed by atoms with E-state index < -0.39 is 0 Å². The Hall–Kier alpha value is -1.98. The lowest BCUT2D eigenvalue weighted by Crippen LogP contribution is -2.37. The standard InChI is InChI=1S/C13H20N4O2/c1-4-17(8-5-12(18)16-10(2)3)13(19)11-9-14-6-7-15-11/h6-7,9-10H,4-5,8H2,1-3H3,(H,16,18). The van der Waals surface area contributed by atoms with Crippen LogP contribution in [-0.2, 0) is 4.79 Å². The molecule has 0 saturated heterocycles. The van der Waals surface area contributed by atoms with Gasteiger partial charge in [0.1, 0.15) is 5.69 Å². The highest BCUT2D eigenvalue weighted by molar-refractivity contribution is 5.92. The van der Waals surface area contributed by atoms with Crippen LogP contribution in [0, 0.1) is 0 Å². The lowest BCUT2D eigenvalue weighted by Gasteiger charge is -2.20. The molecule has 0 unspecified atom stereocenters. The quantitative estimate of drug-likeness (QED) is 0.826. The molecule has 19 heavy (non-hydrogen) atoms. The van der Waals surface area contributed by atoms with E-state index in [1.807, 2.05) is 20.8 Å². The summed E-state index contributed by atoms with van der Waals surface area (Å²) in [5, 5.41) is 2.80. The van der Waals surface area contributed by atoms with Gasteiger partial charge in [0.25, 0.3) is 5.91 Å². The zero-order valence-corrected chi connectivity index (χ0v) is 11.6. The van der Waals surface area contributed by atoms with Gasteiger partial charge in [0, 0.05) is 37.9 Å². The zero-order valence-electron chi connectivity index (χ0n) is 11.6. The van der Waals surface area contributed by atoms with E-state index in [2.05, 4.69) is 15.3 Å². The Kier molecular flexibility index (Phi) is 5.92. The molecule has 1 rings (SSSR count). The molecule has 0 aromatic carbocycles. The maximum Gasteiger partial charge on any atom is 0.274 e. The topological polar surface area (TPSA) is 75.2 Å². The number of carbonyl (C=O) groups excluding carboxylic acids is 2. The van der Waals surface area contributed by atoms with Crippen molar-refractivity contribution in [2.75, 3.05) is 13.1 Å². The second kappa shape index (κ2) is 7.45. The number of hydrogen-bond acceptors (Lipinski definition) is 4. The summed E-state index contributed by atoms with van der Waals surface area (Å²) in [5.41, 5.74) is 0.300. The minimum Gasteiger partial charge on any atom is -0.354 e. The third-order valence-corrected chi connectivity index (χ3v) is 2.51. The van der Waals surface area contributed by atoms with E-state index >= 15 is 0 Å². The van der Waals surface area contributed by atoms with E-state index in [-0.39, 0.29) is 24.3 Å². The first-order valence-corrected chi connectivity index (χ1v) is 6.39. The largest absolute Gasteiger partial charge is 0.354 e. The van der Waals surface area contributed by atoms with Crippen LogP contribution in [0.15, 0.2) is 18.6 Å². The van der Waals surface area contributed by atoms with Crippen molar-refractivity contribution in [3.8, 4) is 0 Å². The number of hydrogen-bond donors (Lipinski definition) is 1. The fourth-order valence-electron chi connectivity index (χ4n) is 1.61. The maximum absolute atomic E-state index is 12.1. The van der Waals surface area contributed by atoms with Gasteiger partial charge in [-0.15, -0.1) is 0 Å². The van der Waals surface area contributed by atoms with Crippen LogP contribution in [0.4, 0.5) is 0 Å². The summed E-state index contributed by atoms with van der Waals surface area (Å²) in [6.07, 6.45) is 4.72. The summed E-state index contributed by atoms with van der Waals surface area (Å²) < 4.78 is 0. The van der Waals surface area contributed by atoms with Gasteiger partial charge in [-0.05, 0) is 20.8 Å². The van der Waals surface area contributed by atoms with Crippen molar-refractivity contribution < 1.29 is 9.59 Å². The maximum atomic E-state index is 12.1. The van der Waals surface area contributed by atoms with Crippen LogP contribution in [0.3, 0.4) is 0 Å². The molecule has 6 heteroatoms. The van der Waals surface area contributed by atoms with Crippen LogP contribution in [0.1, 0.15) is 37.7 Å². The molecular weight excluding hydrogens is 244 g/mol. The van der Waals surface area contributed by atoms with E-state index in [1.54, 1.807) is 4.90 Å². The molecule has 0 fully saturated rings. The zero-order chi connectivity index (χ0) is 14.3. The van der Waals surface area contributed by atoms with Gasteiger partial charge in [0.15, 0.2) is 0 Å². The highest BCUT2D eigenvalue weighted by Gasteiger charge is 2.16. The van der Waals surface area contributed by atoms with Crippen molar-refractivity contribution >= 4 is 11.8 Å². The minimum absolute atomic E-state index is 0.0552. The Morgan fingerprint density at radius 3 is 2.63 bits per heavy atom. The Balaban J connectivity index is 2.54. The number of nitrogens with zero attached hydrogens (tertiary/aromatic N) is 3. The van der Waals surface area contributed by atoms with Crippen LogP contribution >= 0.6 is 0 Å². The van der Waals surface area contributed by atoms with E-state index in [9.17, 15) is 9.59 Å². The average Bonchev–Trinajstić information content (AvgIpc) is 2.39. The van der Waals surface area contributed by atoms with Crippen LogP contribution in [0.5, 0.6) is 0 Å². The van der Waals surface area contributed by atoms with Crippen molar-refractivity contribution in [1.82, 2.24) is 20.2 Å². The Labute approximate surface area is 113 Å². The molecule has 1 heterocycles. The second-order valence-electron chi connectivity index (χ2n) is 4.45. The smallest absolute Gasteiger partial charge is 0.274 e. The van der Waals surface area contributed by atoms with Crippen LogP contribution < -0.4 is 5.32 Å². The third kappa shape index (κ3) is 5.03. The number of amides is 2. The summed E-state index contributed by atoms with van der Waals surface area (Å²) in [5.74, 6) is -0.256. The highest BCUT2D eigenvalue weighted by Crippen LogP contribution is 2.01. The van der Waals surface area contributed by atoms with Crippen molar-refractivity contribution in [3.05, 3.63) is 24.3 Å². The highest BCUT2D eigenvalue weighted by atomic mass is 16.2. The lowest BCUT2D eigenvalue weighted by atomic mass is 10.3. The van der Waals surface area contributed by atoms with Gasteiger partial charge < -0.3 is 10.2 Å². The van der Waals surface area contributed by atoms with E-state index in [0.717, 1.165) is 0 Å². The SMILES string of the molecule is CCN(CCC(=O)NC(C)C)C(=O)c1cnccn1. The number of aromatic nitrogens is 2. The normalized spacial score (nSPS) is 10.3. The Morgan fingerprint density at radius 1 is 1.37 bits per heavy atom. The van der Waals surface area contributed by atoms with Gasteiger partial charge in [-0.25, -0.2) is 4.98 Å². The summed E-state index contributed by atoms with van der Waals surface area (Å²) in [4.78, 5) is 33.1. The van der Waals surface area contributed by atoms with E-state index in [4.69, 9.17) is 0 Å². The van der Waals surface area contributed by atoms with E-state index in [1.165, 1.54) is 18.6 Å². The van der Waals surface area contributed by atoms with Gasteiger partial charge in [0.2, 0.25) is 5.91 Å². The molecule has 0 spiro atoms. The monoisotopic (exact) mass is 264 g/mol. The first-order valence-electron chi connectivity index (χ1n) is 6.39. The van der Waals surface area contributed by atoms with Gasteiger partial charge in [-0.1, -0.05) is 0 Å². The summed E-state index contributed by atoms with van der Waals surface area (Å²) in [6.45, 7) is 6.59. The molecule has 0 atom stereocenters. The summed E-state index contributed by atoms with van der Waals surface area (Å²) in [7, 11) is 0. The molecule has 6 nitrogen and oxygen atoms in total. The Morgan fingerprint density at radius 2 is 2.11 bits per heavy atom. The first-order chi connectivity index (χ1) is 9.04. The van der Waals surface area contributed by atoms with Gasteiger partial charge in [-0.2, -0.15) is 0 Å². The van der Waals surface area contributed by atoms with Crippen molar-refractivity contribution in [2.45, 2.75) is 33.2 Å². The molecule has 1 aromatic heterocycles. The van der Waals surface area contributed by atoms with E-state index in [0.29, 0.717) is 18.8 Å². The molecule has 0 aliphatic rings. The number of carbonyl (C=O) groups is 2. The Bertz CT molecular complexity index is 420. The third-order valence-electron chi connectivity index (χ3n) is 2.51. The second-order valence-corrected chi connectivity index (χ2v) is 4.45. The van der Waals surface area contributed by atoms with Crippen molar-refractivity contribution in [1.29, 1.82) is 0 Å². The molecule has 1 N–H and O–H groups in total. The summed E-state index contributed by atoms with van der Waals surface area (Å²) >= 11 is 0.